The third kappa shape index (κ3) is 5.65. The van der Waals surface area contributed by atoms with Crippen LogP contribution in [0.1, 0.15) is 17.5 Å². The molecule has 1 fully saturated rings. The van der Waals surface area contributed by atoms with E-state index in [1.807, 2.05) is 24.0 Å². The van der Waals surface area contributed by atoms with E-state index in [9.17, 15) is 10.1 Å². The minimum absolute atomic E-state index is 0. The van der Waals surface area contributed by atoms with Crippen LogP contribution in [0.25, 0.3) is 0 Å². The Morgan fingerprint density at radius 3 is 2.93 bits per heavy atom. The number of nitro benzene ring substituents is 1. The molecule has 0 amide bonds. The molecule has 3 rings (SSSR count). The Balaban J connectivity index is 0.00000261. The van der Waals surface area contributed by atoms with Gasteiger partial charge in [-0.15, -0.1) is 24.0 Å². The molecule has 0 aliphatic carbocycles. The highest BCUT2D eigenvalue weighted by atomic mass is 127. The van der Waals surface area contributed by atoms with E-state index >= 15 is 0 Å². The predicted octanol–water partition coefficient (Wildman–Crippen LogP) is 2.59. The average molecular weight is 484 g/mol. The number of aromatic nitrogens is 2. The van der Waals surface area contributed by atoms with Crippen LogP contribution in [-0.2, 0) is 20.0 Å². The third-order valence-electron chi connectivity index (χ3n) is 4.65. The normalized spacial score (nSPS) is 16.9. The predicted molar refractivity (Wildman–Crippen MR) is 115 cm³/mol. The summed E-state index contributed by atoms with van der Waals surface area (Å²) in [7, 11) is 3.70. The van der Waals surface area contributed by atoms with Crippen LogP contribution >= 0.6 is 24.0 Å². The lowest BCUT2D eigenvalue weighted by molar-refractivity contribution is -0.384. The molecule has 1 atom stereocenters. The number of nitro groups is 1. The van der Waals surface area contributed by atoms with Gasteiger partial charge < -0.3 is 10.2 Å². The molecule has 27 heavy (non-hydrogen) atoms. The van der Waals surface area contributed by atoms with Crippen LogP contribution in [0.3, 0.4) is 0 Å². The monoisotopic (exact) mass is 484 g/mol. The van der Waals surface area contributed by atoms with E-state index in [1.165, 1.54) is 11.6 Å². The zero-order valence-corrected chi connectivity index (χ0v) is 17.9. The molecular weight excluding hydrogens is 459 g/mol. The fraction of sp³-hybridized carbons (Fsp3) is 0.444. The van der Waals surface area contributed by atoms with Crippen LogP contribution in [0.5, 0.6) is 0 Å². The average Bonchev–Trinajstić information content (AvgIpc) is 3.25. The van der Waals surface area contributed by atoms with E-state index in [0.717, 1.165) is 37.5 Å². The number of hydrogen-bond donors (Lipinski definition) is 1. The molecule has 9 heteroatoms. The molecule has 1 unspecified atom stereocenters. The van der Waals surface area contributed by atoms with E-state index in [2.05, 4.69) is 26.5 Å². The molecule has 2 aromatic rings. The number of halogens is 1. The molecular formula is C18H25IN6O2. The van der Waals surface area contributed by atoms with Crippen molar-refractivity contribution in [3.8, 4) is 0 Å². The van der Waals surface area contributed by atoms with Gasteiger partial charge in [-0.3, -0.25) is 19.8 Å². The van der Waals surface area contributed by atoms with E-state index in [1.54, 1.807) is 19.2 Å². The second-order valence-corrected chi connectivity index (χ2v) is 6.65. The van der Waals surface area contributed by atoms with Gasteiger partial charge in [-0.25, -0.2) is 0 Å². The Bertz CT molecular complexity index is 807. The zero-order valence-electron chi connectivity index (χ0n) is 15.5. The van der Waals surface area contributed by atoms with Crippen LogP contribution in [0.15, 0.2) is 41.7 Å². The van der Waals surface area contributed by atoms with Crippen molar-refractivity contribution in [2.45, 2.75) is 19.4 Å². The van der Waals surface area contributed by atoms with Gasteiger partial charge in [0.05, 0.1) is 11.1 Å². The zero-order chi connectivity index (χ0) is 18.5. The van der Waals surface area contributed by atoms with E-state index in [0.29, 0.717) is 12.5 Å². The van der Waals surface area contributed by atoms with Gasteiger partial charge in [-0.2, -0.15) is 5.10 Å². The van der Waals surface area contributed by atoms with Gasteiger partial charge in [0.15, 0.2) is 5.96 Å². The lowest BCUT2D eigenvalue weighted by Gasteiger charge is -2.21. The minimum Gasteiger partial charge on any atom is -0.352 e. The van der Waals surface area contributed by atoms with Crippen molar-refractivity contribution >= 4 is 35.6 Å². The number of guanidine groups is 1. The summed E-state index contributed by atoms with van der Waals surface area (Å²) in [5.41, 5.74) is 2.24. The van der Waals surface area contributed by atoms with Crippen LogP contribution in [0, 0.1) is 16.0 Å². The second kappa shape index (κ2) is 9.67. The van der Waals surface area contributed by atoms with Crippen molar-refractivity contribution in [1.29, 1.82) is 0 Å². The first-order valence-electron chi connectivity index (χ1n) is 8.71. The summed E-state index contributed by atoms with van der Waals surface area (Å²) in [6.07, 6.45) is 6.13. The Hall–Kier alpha value is -2.17. The van der Waals surface area contributed by atoms with Gasteiger partial charge in [0.25, 0.3) is 5.69 Å². The lowest BCUT2D eigenvalue weighted by atomic mass is 10.0. The molecule has 146 valence electrons. The van der Waals surface area contributed by atoms with E-state index in [4.69, 9.17) is 0 Å². The van der Waals surface area contributed by atoms with Crippen molar-refractivity contribution in [3.05, 3.63) is 57.9 Å². The molecule has 0 saturated carbocycles. The number of hydrogen-bond acceptors (Lipinski definition) is 4. The van der Waals surface area contributed by atoms with E-state index in [-0.39, 0.29) is 34.6 Å². The summed E-state index contributed by atoms with van der Waals surface area (Å²) in [4.78, 5) is 17.1. The lowest BCUT2D eigenvalue weighted by Crippen LogP contribution is -2.39. The fourth-order valence-electron chi connectivity index (χ4n) is 3.40. The maximum absolute atomic E-state index is 10.9. The topological polar surface area (TPSA) is 88.6 Å². The molecule has 2 heterocycles. The molecule has 1 aliphatic heterocycles. The third-order valence-corrected chi connectivity index (χ3v) is 4.65. The number of rotatable bonds is 5. The number of aryl methyl sites for hydroxylation is 1. The van der Waals surface area contributed by atoms with Gasteiger partial charge in [-0.1, -0.05) is 12.1 Å². The highest BCUT2D eigenvalue weighted by molar-refractivity contribution is 14.0. The summed E-state index contributed by atoms with van der Waals surface area (Å²) in [5.74, 6) is 1.42. The molecule has 1 saturated heterocycles. The molecule has 1 aliphatic rings. The highest BCUT2D eigenvalue weighted by Crippen LogP contribution is 2.21. The minimum atomic E-state index is -0.373. The van der Waals surface area contributed by atoms with Crippen molar-refractivity contribution in [2.75, 3.05) is 20.1 Å². The van der Waals surface area contributed by atoms with Gasteiger partial charge >= 0.3 is 0 Å². The summed E-state index contributed by atoms with van der Waals surface area (Å²) < 4.78 is 1.83. The second-order valence-electron chi connectivity index (χ2n) is 6.65. The number of benzene rings is 1. The molecule has 1 aromatic heterocycles. The Kier molecular flexibility index (Phi) is 7.57. The smallest absolute Gasteiger partial charge is 0.269 e. The molecule has 0 radical (unpaired) electrons. The number of nitrogens with one attached hydrogen (secondary N) is 1. The van der Waals surface area contributed by atoms with Gasteiger partial charge in [0.2, 0.25) is 0 Å². The first-order chi connectivity index (χ1) is 12.5. The molecule has 1 aromatic carbocycles. The SMILES string of the molecule is CN=C(NCc1cccc([N+](=O)[O-])c1)N1CCC(Cc2cnn(C)c2)C1.I. The Morgan fingerprint density at radius 1 is 1.44 bits per heavy atom. The van der Waals surface area contributed by atoms with Crippen LogP contribution in [0.2, 0.25) is 0 Å². The Labute approximate surface area is 175 Å². The molecule has 0 bridgehead atoms. The molecule has 0 spiro atoms. The Morgan fingerprint density at radius 2 is 2.26 bits per heavy atom. The number of aliphatic imine (C=N–C) groups is 1. The van der Waals surface area contributed by atoms with Gasteiger partial charge in [0.1, 0.15) is 0 Å². The summed E-state index contributed by atoms with van der Waals surface area (Å²) in [6.45, 7) is 2.42. The van der Waals surface area contributed by atoms with E-state index < -0.39 is 0 Å². The highest BCUT2D eigenvalue weighted by Gasteiger charge is 2.25. The van der Waals surface area contributed by atoms with Gasteiger partial charge in [0, 0.05) is 52.1 Å². The van der Waals surface area contributed by atoms with Crippen molar-refractivity contribution in [2.24, 2.45) is 18.0 Å². The molecule has 1 N–H and O–H groups in total. The van der Waals surface area contributed by atoms with Gasteiger partial charge in [-0.05, 0) is 29.9 Å². The standard InChI is InChI=1S/C18H24N6O2.HI/c1-19-18(20-10-14-4-3-5-17(9-14)24(25)26)23-7-6-15(13-23)8-16-11-21-22(2)12-16;/h3-5,9,11-12,15H,6-8,10,13H2,1-2H3,(H,19,20);1H. The quantitative estimate of drug-likeness (QED) is 0.232. The number of non-ortho nitro benzene ring substituents is 1. The van der Waals surface area contributed by atoms with Crippen LogP contribution in [-0.4, -0.2) is 45.7 Å². The fourth-order valence-corrected chi connectivity index (χ4v) is 3.40. The maximum atomic E-state index is 10.9. The van der Waals surface area contributed by atoms with Crippen LogP contribution in [0.4, 0.5) is 5.69 Å². The summed E-state index contributed by atoms with van der Waals surface area (Å²) in [5, 5.41) is 18.4. The van der Waals surface area contributed by atoms with Crippen molar-refractivity contribution < 1.29 is 4.92 Å². The van der Waals surface area contributed by atoms with Crippen molar-refractivity contribution in [1.82, 2.24) is 20.0 Å². The maximum Gasteiger partial charge on any atom is 0.269 e. The van der Waals surface area contributed by atoms with Crippen LogP contribution < -0.4 is 5.32 Å². The number of nitrogens with zero attached hydrogens (tertiary/aromatic N) is 5. The number of likely N-dealkylation sites (tertiary alicyclic amines) is 1. The first kappa shape index (κ1) is 21.1. The largest absolute Gasteiger partial charge is 0.352 e. The first-order valence-corrected chi connectivity index (χ1v) is 8.71. The summed E-state index contributed by atoms with van der Waals surface area (Å²) >= 11 is 0. The summed E-state index contributed by atoms with van der Waals surface area (Å²) in [6, 6.07) is 6.68. The van der Waals surface area contributed by atoms with Crippen molar-refractivity contribution in [3.63, 3.8) is 0 Å². The molecule has 8 nitrogen and oxygen atoms in total.